The van der Waals surface area contributed by atoms with E-state index in [1.54, 1.807) is 6.20 Å². The van der Waals surface area contributed by atoms with Gasteiger partial charge in [0.15, 0.2) is 5.96 Å². The molecule has 0 unspecified atom stereocenters. The zero-order valence-corrected chi connectivity index (χ0v) is 17.2. The predicted octanol–water partition coefficient (Wildman–Crippen LogP) is 3.09. The molecule has 7 heteroatoms. The maximum Gasteiger partial charge on any atom is 0.191 e. The van der Waals surface area contributed by atoms with E-state index < -0.39 is 0 Å². The number of fused-ring (bicyclic) bond motifs is 1. The molecule has 0 radical (unpaired) electrons. The van der Waals surface area contributed by atoms with Gasteiger partial charge in [-0.2, -0.15) is 5.10 Å². The summed E-state index contributed by atoms with van der Waals surface area (Å²) in [5.74, 6) is 1.80. The molecule has 2 aromatic heterocycles. The second kappa shape index (κ2) is 9.73. The first-order valence-electron chi connectivity index (χ1n) is 10.4. The number of imidazole rings is 1. The second-order valence-corrected chi connectivity index (χ2v) is 7.01. The van der Waals surface area contributed by atoms with Crippen LogP contribution in [-0.2, 0) is 12.8 Å². The van der Waals surface area contributed by atoms with Crippen molar-refractivity contribution in [3.05, 3.63) is 78.4 Å². The Labute approximate surface area is 176 Å². The van der Waals surface area contributed by atoms with Crippen molar-refractivity contribution >= 4 is 17.0 Å². The number of aromatic nitrogens is 4. The highest BCUT2D eigenvalue weighted by Gasteiger charge is 2.03. The standard InChI is InChI=1S/C23H27N7/c1-2-24-23(26-16-13-22-28-20-6-3-4-7-21(20)29-22)25-15-12-18-8-10-19(11-9-18)30-17-5-14-27-30/h3-11,14,17H,2,12-13,15-16H2,1H3,(H,28,29)(H2,24,25,26). The number of rotatable bonds is 8. The molecule has 154 valence electrons. The molecule has 0 aliphatic heterocycles. The first-order chi connectivity index (χ1) is 14.8. The van der Waals surface area contributed by atoms with Gasteiger partial charge in [-0.05, 0) is 49.2 Å². The van der Waals surface area contributed by atoms with Crippen molar-refractivity contribution in [2.75, 3.05) is 19.6 Å². The molecule has 0 saturated carbocycles. The third-order valence-electron chi connectivity index (χ3n) is 4.81. The fraction of sp³-hybridized carbons (Fsp3) is 0.261. The molecule has 30 heavy (non-hydrogen) atoms. The molecule has 0 amide bonds. The lowest BCUT2D eigenvalue weighted by molar-refractivity contribution is 0.791. The highest BCUT2D eigenvalue weighted by Crippen LogP contribution is 2.11. The van der Waals surface area contributed by atoms with Gasteiger partial charge in [-0.25, -0.2) is 9.67 Å². The highest BCUT2D eigenvalue weighted by atomic mass is 15.3. The molecule has 0 fully saturated rings. The molecule has 7 nitrogen and oxygen atoms in total. The van der Waals surface area contributed by atoms with E-state index in [2.05, 4.69) is 61.9 Å². The van der Waals surface area contributed by atoms with E-state index in [9.17, 15) is 0 Å². The third kappa shape index (κ3) is 5.05. The van der Waals surface area contributed by atoms with E-state index in [-0.39, 0.29) is 0 Å². The summed E-state index contributed by atoms with van der Waals surface area (Å²) < 4.78 is 1.86. The minimum atomic E-state index is 0.674. The van der Waals surface area contributed by atoms with Gasteiger partial charge in [-0.15, -0.1) is 0 Å². The lowest BCUT2D eigenvalue weighted by Crippen LogP contribution is -2.38. The third-order valence-corrected chi connectivity index (χ3v) is 4.81. The Hall–Kier alpha value is -3.61. The topological polar surface area (TPSA) is 82.9 Å². The van der Waals surface area contributed by atoms with Gasteiger partial charge in [0.1, 0.15) is 5.82 Å². The number of nitrogens with one attached hydrogen (secondary N) is 3. The number of hydrogen-bond acceptors (Lipinski definition) is 3. The molecule has 3 N–H and O–H groups in total. The van der Waals surface area contributed by atoms with Crippen molar-refractivity contribution in [3.63, 3.8) is 0 Å². The van der Waals surface area contributed by atoms with Crippen LogP contribution < -0.4 is 10.6 Å². The van der Waals surface area contributed by atoms with Crippen LogP contribution in [0.15, 0.2) is 72.0 Å². The van der Waals surface area contributed by atoms with Crippen LogP contribution in [0.25, 0.3) is 16.7 Å². The van der Waals surface area contributed by atoms with Crippen LogP contribution in [0.2, 0.25) is 0 Å². The maximum atomic E-state index is 4.68. The van der Waals surface area contributed by atoms with Crippen molar-refractivity contribution < 1.29 is 0 Å². The van der Waals surface area contributed by atoms with Crippen LogP contribution >= 0.6 is 0 Å². The predicted molar refractivity (Wildman–Crippen MR) is 121 cm³/mol. The minimum Gasteiger partial charge on any atom is -0.357 e. The van der Waals surface area contributed by atoms with Gasteiger partial charge in [0.2, 0.25) is 0 Å². The number of benzene rings is 2. The summed E-state index contributed by atoms with van der Waals surface area (Å²) in [6.07, 6.45) is 5.43. The number of para-hydroxylation sites is 2. The molecular weight excluding hydrogens is 374 g/mol. The summed E-state index contributed by atoms with van der Waals surface area (Å²) in [7, 11) is 0. The lowest BCUT2D eigenvalue weighted by Gasteiger charge is -2.11. The molecule has 4 rings (SSSR count). The summed E-state index contributed by atoms with van der Waals surface area (Å²) >= 11 is 0. The average Bonchev–Trinajstić information content (AvgIpc) is 3.44. The zero-order chi connectivity index (χ0) is 20.6. The molecule has 0 saturated heterocycles. The second-order valence-electron chi connectivity index (χ2n) is 7.01. The minimum absolute atomic E-state index is 0.674. The van der Waals surface area contributed by atoms with E-state index in [4.69, 9.17) is 0 Å². The quantitative estimate of drug-likeness (QED) is 0.313. The SMILES string of the molecule is CCNC(=NCCc1nc2ccccc2[nH]1)NCCc1ccc(-n2cccn2)cc1. The van der Waals surface area contributed by atoms with Gasteiger partial charge in [0.05, 0.1) is 16.7 Å². The maximum absolute atomic E-state index is 4.68. The number of guanidine groups is 1. The summed E-state index contributed by atoms with van der Waals surface area (Å²) in [5.41, 5.74) is 4.41. The molecule has 4 aromatic rings. The normalized spacial score (nSPS) is 11.7. The zero-order valence-electron chi connectivity index (χ0n) is 17.2. The Morgan fingerprint density at radius 2 is 1.90 bits per heavy atom. The van der Waals surface area contributed by atoms with Gasteiger partial charge in [-0.1, -0.05) is 24.3 Å². The Balaban J connectivity index is 1.27. The number of aliphatic imine (C=N–C) groups is 1. The average molecular weight is 402 g/mol. The highest BCUT2D eigenvalue weighted by molar-refractivity contribution is 5.79. The Morgan fingerprint density at radius 1 is 1.03 bits per heavy atom. The van der Waals surface area contributed by atoms with Gasteiger partial charge in [-0.3, -0.25) is 4.99 Å². The number of hydrogen-bond donors (Lipinski definition) is 3. The van der Waals surface area contributed by atoms with Gasteiger partial charge in [0.25, 0.3) is 0 Å². The van der Waals surface area contributed by atoms with Crippen LogP contribution in [-0.4, -0.2) is 45.3 Å². The van der Waals surface area contributed by atoms with Gasteiger partial charge in [0, 0.05) is 38.4 Å². The van der Waals surface area contributed by atoms with E-state index >= 15 is 0 Å². The van der Waals surface area contributed by atoms with Crippen LogP contribution in [0.1, 0.15) is 18.3 Å². The largest absolute Gasteiger partial charge is 0.357 e. The van der Waals surface area contributed by atoms with Crippen molar-refractivity contribution in [3.8, 4) is 5.69 Å². The number of aromatic amines is 1. The number of H-pyrrole nitrogens is 1. The van der Waals surface area contributed by atoms with Crippen LogP contribution in [0.3, 0.4) is 0 Å². The molecule has 0 bridgehead atoms. The van der Waals surface area contributed by atoms with E-state index in [0.717, 1.165) is 54.4 Å². The first kappa shape index (κ1) is 19.7. The van der Waals surface area contributed by atoms with Gasteiger partial charge < -0.3 is 15.6 Å². The number of nitrogens with zero attached hydrogens (tertiary/aromatic N) is 4. The van der Waals surface area contributed by atoms with Crippen molar-refractivity contribution in [1.82, 2.24) is 30.4 Å². The summed E-state index contributed by atoms with van der Waals surface area (Å²) in [4.78, 5) is 12.6. The van der Waals surface area contributed by atoms with E-state index in [0.29, 0.717) is 6.54 Å². The fourth-order valence-corrected chi connectivity index (χ4v) is 3.30. The van der Waals surface area contributed by atoms with Crippen molar-refractivity contribution in [2.45, 2.75) is 19.8 Å². The smallest absolute Gasteiger partial charge is 0.191 e. The first-order valence-corrected chi connectivity index (χ1v) is 10.4. The fourth-order valence-electron chi connectivity index (χ4n) is 3.30. The molecule has 0 aliphatic carbocycles. The Morgan fingerprint density at radius 3 is 2.67 bits per heavy atom. The van der Waals surface area contributed by atoms with Crippen LogP contribution in [0.4, 0.5) is 0 Å². The van der Waals surface area contributed by atoms with Gasteiger partial charge >= 0.3 is 0 Å². The van der Waals surface area contributed by atoms with Crippen LogP contribution in [0.5, 0.6) is 0 Å². The van der Waals surface area contributed by atoms with Crippen LogP contribution in [0, 0.1) is 0 Å². The summed E-state index contributed by atoms with van der Waals surface area (Å²) in [6.45, 7) is 4.39. The Bertz CT molecular complexity index is 1050. The van der Waals surface area contributed by atoms with E-state index in [1.807, 2.05) is 41.2 Å². The molecule has 0 spiro atoms. The molecule has 0 atom stereocenters. The lowest BCUT2D eigenvalue weighted by atomic mass is 10.1. The van der Waals surface area contributed by atoms with E-state index in [1.165, 1.54) is 5.56 Å². The molecule has 0 aliphatic rings. The van der Waals surface area contributed by atoms with Crippen molar-refractivity contribution in [2.24, 2.45) is 4.99 Å². The van der Waals surface area contributed by atoms with Crippen molar-refractivity contribution in [1.29, 1.82) is 0 Å². The summed E-state index contributed by atoms with van der Waals surface area (Å²) in [5, 5.41) is 11.0. The Kier molecular flexibility index (Phi) is 6.39. The molecular formula is C23H27N7. The molecule has 2 heterocycles. The summed E-state index contributed by atoms with van der Waals surface area (Å²) in [6, 6.07) is 18.5. The molecule has 2 aromatic carbocycles. The monoisotopic (exact) mass is 401 g/mol.